The Balaban J connectivity index is 0.000000221. The highest BCUT2D eigenvalue weighted by atomic mass is 36.2. The molecule has 1 aliphatic rings. The van der Waals surface area contributed by atoms with Gasteiger partial charge in [0.05, 0.1) is 11.1 Å². The minimum absolute atomic E-state index is 0.300. The molecule has 0 aromatic heterocycles. The summed E-state index contributed by atoms with van der Waals surface area (Å²) in [6.45, 7) is 0. The molecule has 1 N–H and O–H groups in total. The minimum Gasteiger partial charge on any atom is -0.288 e. The maximum atomic E-state index is 10.9. The van der Waals surface area contributed by atoms with Gasteiger partial charge in [0.2, 0.25) is 4.67 Å². The summed E-state index contributed by atoms with van der Waals surface area (Å²) in [6.07, 6.45) is 0. The second-order valence-corrected chi connectivity index (χ2v) is 12.7. The van der Waals surface area contributed by atoms with Crippen molar-refractivity contribution in [2.75, 3.05) is 0 Å². The molecule has 2 rings (SSSR count). The first-order valence-corrected chi connectivity index (χ1v) is 9.32. The molecule has 0 unspecified atom stereocenters. The second kappa shape index (κ2) is 5.52. The number of benzene rings is 1. The van der Waals surface area contributed by atoms with Crippen LogP contribution in [0.15, 0.2) is 24.3 Å². The van der Waals surface area contributed by atoms with Crippen molar-refractivity contribution >= 4 is 61.5 Å². The van der Waals surface area contributed by atoms with Gasteiger partial charge in [-0.25, -0.2) is 0 Å². The summed E-state index contributed by atoms with van der Waals surface area (Å²) in [5.41, 5.74) is 0.940. The number of hydrogen-bond donors (Lipinski definition) is 1. The Kier molecular flexibility index (Phi) is 4.84. The maximum Gasteiger partial charge on any atom is 0.258 e. The van der Waals surface area contributed by atoms with Crippen molar-refractivity contribution in [2.24, 2.45) is 0 Å². The van der Waals surface area contributed by atoms with Crippen LogP contribution in [0.4, 0.5) is 0 Å². The monoisotopic (exact) mass is 318 g/mol. The van der Waals surface area contributed by atoms with Crippen LogP contribution >= 0.6 is 49.6 Å². The van der Waals surface area contributed by atoms with Crippen molar-refractivity contribution in [2.45, 2.75) is 0 Å². The number of carbonyl (C=O) groups is 2. The molecule has 0 bridgehead atoms. The highest BCUT2D eigenvalue weighted by Crippen LogP contribution is 2.78. The summed E-state index contributed by atoms with van der Waals surface area (Å²) in [6, 6.07) is 6.74. The van der Waals surface area contributed by atoms with Crippen LogP contribution in [0.25, 0.3) is 0 Å². The SMILES string of the molecule is Cl[P](Cl)(Cl)Cl.O=C1NC(=O)c2ccccc21. The molecule has 0 saturated carbocycles. The topological polar surface area (TPSA) is 46.2 Å². The molecule has 3 nitrogen and oxygen atoms in total. The summed E-state index contributed by atoms with van der Waals surface area (Å²) in [4.78, 5) is 21.9. The normalized spacial score (nSPS) is 13.8. The van der Waals surface area contributed by atoms with E-state index in [4.69, 9.17) is 45.0 Å². The van der Waals surface area contributed by atoms with Crippen LogP contribution in [-0.2, 0) is 0 Å². The van der Waals surface area contributed by atoms with Gasteiger partial charge in [-0.3, -0.25) is 14.9 Å². The Hall–Kier alpha value is -0.0500. The molecule has 87 valence electrons. The van der Waals surface area contributed by atoms with E-state index < -0.39 is 4.67 Å². The van der Waals surface area contributed by atoms with Crippen molar-refractivity contribution in [1.82, 2.24) is 5.32 Å². The third-order valence-electron chi connectivity index (χ3n) is 1.64. The van der Waals surface area contributed by atoms with Crippen molar-refractivity contribution in [3.05, 3.63) is 35.4 Å². The molecule has 0 fully saturated rings. The Bertz CT molecular complexity index is 393. The Labute approximate surface area is 112 Å². The van der Waals surface area contributed by atoms with Gasteiger partial charge in [0.15, 0.2) is 0 Å². The zero-order chi connectivity index (χ0) is 12.3. The third-order valence-corrected chi connectivity index (χ3v) is 1.64. The Morgan fingerprint density at radius 2 is 1.19 bits per heavy atom. The van der Waals surface area contributed by atoms with Gasteiger partial charge < -0.3 is 0 Å². The number of rotatable bonds is 0. The smallest absolute Gasteiger partial charge is 0.258 e. The molecule has 1 aromatic carbocycles. The van der Waals surface area contributed by atoms with Gasteiger partial charge >= 0.3 is 0 Å². The molecule has 0 aliphatic carbocycles. The van der Waals surface area contributed by atoms with Crippen LogP contribution in [0.1, 0.15) is 20.7 Å². The van der Waals surface area contributed by atoms with E-state index in [0.717, 1.165) is 0 Å². The molecule has 0 spiro atoms. The fraction of sp³-hybridized carbons (Fsp3) is 0. The molecule has 1 aliphatic heterocycles. The van der Waals surface area contributed by atoms with E-state index in [1.165, 1.54) is 0 Å². The Morgan fingerprint density at radius 3 is 1.50 bits per heavy atom. The fourth-order valence-corrected chi connectivity index (χ4v) is 1.12. The maximum absolute atomic E-state index is 10.9. The predicted octanol–water partition coefficient (Wildman–Crippen LogP) is 4.19. The lowest BCUT2D eigenvalue weighted by Crippen LogP contribution is -2.19. The number of imide groups is 1. The van der Waals surface area contributed by atoms with E-state index in [1.54, 1.807) is 24.3 Å². The second-order valence-electron chi connectivity index (χ2n) is 2.71. The lowest BCUT2D eigenvalue weighted by Gasteiger charge is -1.93. The molecule has 0 atom stereocenters. The van der Waals surface area contributed by atoms with Crippen LogP contribution in [0.2, 0.25) is 0 Å². The first kappa shape index (κ1) is 14.0. The quantitative estimate of drug-likeness (QED) is 0.575. The molecule has 16 heavy (non-hydrogen) atoms. The van der Waals surface area contributed by atoms with E-state index in [-0.39, 0.29) is 11.8 Å². The van der Waals surface area contributed by atoms with Crippen LogP contribution in [0.3, 0.4) is 0 Å². The minimum atomic E-state index is -2.50. The number of halogens is 4. The number of fused-ring (bicyclic) bond motifs is 1. The highest BCUT2D eigenvalue weighted by Gasteiger charge is 2.25. The van der Waals surface area contributed by atoms with Gasteiger partial charge in [-0.2, -0.15) is 0 Å². The molecule has 1 aromatic rings. The first-order valence-electron chi connectivity index (χ1n) is 3.91. The van der Waals surface area contributed by atoms with E-state index >= 15 is 0 Å². The van der Waals surface area contributed by atoms with Crippen molar-refractivity contribution < 1.29 is 9.59 Å². The summed E-state index contributed by atoms with van der Waals surface area (Å²) in [5, 5.41) is 2.20. The van der Waals surface area contributed by atoms with E-state index in [0.29, 0.717) is 11.1 Å². The lowest BCUT2D eigenvalue weighted by molar-refractivity contribution is 0.0879. The molecule has 2 amide bonds. The number of hydrogen-bond acceptors (Lipinski definition) is 2. The molecule has 0 saturated heterocycles. The number of nitrogens with one attached hydrogen (secondary N) is 1. The average Bonchev–Trinajstić information content (AvgIpc) is 2.41. The number of amides is 2. The summed E-state index contributed by atoms with van der Waals surface area (Å²) < 4.78 is -2.50. The zero-order valence-corrected chi connectivity index (χ0v) is 11.5. The van der Waals surface area contributed by atoms with Crippen LogP contribution < -0.4 is 5.32 Å². The largest absolute Gasteiger partial charge is 0.288 e. The van der Waals surface area contributed by atoms with Gasteiger partial charge in [-0.1, -0.05) is 57.1 Å². The molecule has 1 heterocycles. The first-order chi connectivity index (χ1) is 7.29. The zero-order valence-electron chi connectivity index (χ0n) is 7.58. The summed E-state index contributed by atoms with van der Waals surface area (Å²) in [7, 11) is 0. The van der Waals surface area contributed by atoms with Gasteiger partial charge in [0, 0.05) is 0 Å². The lowest BCUT2D eigenvalue weighted by atomic mass is 10.1. The molecule has 8 heteroatoms. The van der Waals surface area contributed by atoms with E-state index in [2.05, 4.69) is 5.32 Å². The van der Waals surface area contributed by atoms with Gasteiger partial charge in [-0.15, -0.1) is 0 Å². The third kappa shape index (κ3) is 4.44. The Morgan fingerprint density at radius 1 is 0.875 bits per heavy atom. The fourth-order valence-electron chi connectivity index (χ4n) is 1.12. The number of carbonyl (C=O) groups excluding carboxylic acids is 2. The van der Waals surface area contributed by atoms with Gasteiger partial charge in [0.25, 0.3) is 11.8 Å². The summed E-state index contributed by atoms with van der Waals surface area (Å²) in [5.74, 6) is -0.601. The van der Waals surface area contributed by atoms with E-state index in [9.17, 15) is 9.59 Å². The predicted molar refractivity (Wildman–Crippen MR) is 68.6 cm³/mol. The van der Waals surface area contributed by atoms with Crippen LogP contribution in [-0.4, -0.2) is 11.8 Å². The van der Waals surface area contributed by atoms with Gasteiger partial charge in [-0.05, 0) is 12.1 Å². The van der Waals surface area contributed by atoms with Gasteiger partial charge in [0.1, 0.15) is 0 Å². The molecular formula is C8H5Cl4NO2P. The standard InChI is InChI=1S/C8H5NO2.Cl4P/c10-7-5-3-1-2-4-6(5)8(11)9-7;1-5(2,3)4/h1-4H,(H,9,10,11);. The van der Waals surface area contributed by atoms with Crippen LogP contribution in [0, 0.1) is 0 Å². The summed E-state index contributed by atoms with van der Waals surface area (Å²) >= 11 is 19.8. The molecular weight excluding hydrogens is 315 g/mol. The van der Waals surface area contributed by atoms with Crippen molar-refractivity contribution in [3.8, 4) is 0 Å². The van der Waals surface area contributed by atoms with E-state index in [1.807, 2.05) is 0 Å². The molecule has 1 radical (unpaired) electrons. The van der Waals surface area contributed by atoms with Crippen molar-refractivity contribution in [3.63, 3.8) is 0 Å². The average molecular weight is 320 g/mol. The highest BCUT2D eigenvalue weighted by molar-refractivity contribution is 8.46. The van der Waals surface area contributed by atoms with Crippen molar-refractivity contribution in [1.29, 1.82) is 0 Å². The van der Waals surface area contributed by atoms with Crippen LogP contribution in [0.5, 0.6) is 0 Å².